The van der Waals surface area contributed by atoms with E-state index in [-0.39, 0.29) is 5.56 Å². The first kappa shape index (κ1) is 14.9. The summed E-state index contributed by atoms with van der Waals surface area (Å²) < 4.78 is 41.4. The van der Waals surface area contributed by atoms with E-state index in [1.54, 1.807) is 20.8 Å². The van der Waals surface area contributed by atoms with Crippen molar-refractivity contribution in [3.8, 4) is 0 Å². The quantitative estimate of drug-likeness (QED) is 0.655. The van der Waals surface area contributed by atoms with Crippen molar-refractivity contribution in [2.24, 2.45) is 0 Å². The Bertz CT molecular complexity index is 642. The van der Waals surface area contributed by atoms with Crippen LogP contribution in [0.5, 0.6) is 0 Å². The van der Waals surface area contributed by atoms with E-state index in [4.69, 9.17) is 11.6 Å². The molecule has 0 aliphatic carbocycles. The Labute approximate surface area is 121 Å². The lowest BCUT2D eigenvalue weighted by molar-refractivity contribution is 0.553. The van der Waals surface area contributed by atoms with E-state index in [1.165, 1.54) is 24.3 Å². The van der Waals surface area contributed by atoms with Gasteiger partial charge in [0, 0.05) is 5.56 Å². The normalized spacial score (nSPS) is 12.6. The maximum Gasteiger partial charge on any atom is 0.134 e. The lowest BCUT2D eigenvalue weighted by atomic mass is 9.94. The molecular weight excluding hydrogens is 285 g/mol. The Morgan fingerprint density at radius 1 is 0.850 bits per heavy atom. The summed E-state index contributed by atoms with van der Waals surface area (Å²) in [5.74, 6) is -1.75. The van der Waals surface area contributed by atoms with Crippen molar-refractivity contribution >= 4 is 11.6 Å². The minimum Gasteiger partial charge on any atom is -0.207 e. The van der Waals surface area contributed by atoms with Crippen LogP contribution < -0.4 is 0 Å². The fraction of sp³-hybridized carbons (Fsp3) is 0.250. The van der Waals surface area contributed by atoms with Gasteiger partial charge in [-0.15, -0.1) is 11.6 Å². The van der Waals surface area contributed by atoms with Crippen LogP contribution in [0, 0.1) is 38.2 Å². The van der Waals surface area contributed by atoms with E-state index in [2.05, 4.69) is 0 Å². The third-order valence-corrected chi connectivity index (χ3v) is 3.82. The second kappa shape index (κ2) is 5.49. The highest BCUT2D eigenvalue weighted by Gasteiger charge is 2.24. The fourth-order valence-electron chi connectivity index (χ4n) is 2.38. The van der Waals surface area contributed by atoms with Gasteiger partial charge >= 0.3 is 0 Å². The third kappa shape index (κ3) is 2.55. The zero-order valence-corrected chi connectivity index (χ0v) is 12.2. The summed E-state index contributed by atoms with van der Waals surface area (Å²) in [6.45, 7) is 4.89. The summed E-state index contributed by atoms with van der Waals surface area (Å²) in [7, 11) is 0. The van der Waals surface area contributed by atoms with Crippen LogP contribution in [-0.2, 0) is 0 Å². The molecule has 0 saturated carbocycles. The van der Waals surface area contributed by atoms with E-state index in [0.29, 0.717) is 22.3 Å². The molecule has 2 aromatic carbocycles. The summed E-state index contributed by atoms with van der Waals surface area (Å²) >= 11 is 6.27. The molecule has 0 N–H and O–H groups in total. The van der Waals surface area contributed by atoms with Crippen molar-refractivity contribution in [3.05, 3.63) is 69.5 Å². The van der Waals surface area contributed by atoms with Crippen LogP contribution in [0.2, 0.25) is 0 Å². The fourth-order valence-corrected chi connectivity index (χ4v) is 2.92. The summed E-state index contributed by atoms with van der Waals surface area (Å²) in [5, 5.41) is -0.990. The molecule has 0 heterocycles. The number of halogens is 4. The molecule has 4 heteroatoms. The van der Waals surface area contributed by atoms with Crippen LogP contribution in [0.4, 0.5) is 13.2 Å². The molecular formula is C16H14ClF3. The molecule has 1 atom stereocenters. The van der Waals surface area contributed by atoms with Gasteiger partial charge < -0.3 is 0 Å². The number of benzene rings is 2. The topological polar surface area (TPSA) is 0 Å². The first-order valence-electron chi connectivity index (χ1n) is 6.18. The van der Waals surface area contributed by atoms with E-state index < -0.39 is 22.8 Å². The lowest BCUT2D eigenvalue weighted by Gasteiger charge is -2.18. The lowest BCUT2D eigenvalue weighted by Crippen LogP contribution is -2.06. The molecule has 20 heavy (non-hydrogen) atoms. The van der Waals surface area contributed by atoms with Gasteiger partial charge in [-0.2, -0.15) is 0 Å². The highest BCUT2D eigenvalue weighted by atomic mass is 35.5. The Morgan fingerprint density at radius 3 is 1.95 bits per heavy atom. The molecule has 0 aliphatic rings. The molecule has 0 aromatic heterocycles. The number of aryl methyl sites for hydroxylation is 3. The maximum atomic E-state index is 14.1. The Hall–Kier alpha value is -1.48. The smallest absolute Gasteiger partial charge is 0.134 e. The number of alkyl halides is 1. The summed E-state index contributed by atoms with van der Waals surface area (Å²) in [6, 6.07) is 5.17. The zero-order chi connectivity index (χ0) is 15.0. The van der Waals surface area contributed by atoms with Gasteiger partial charge in [0.2, 0.25) is 0 Å². The minimum atomic E-state index is -0.990. The van der Waals surface area contributed by atoms with Crippen molar-refractivity contribution in [1.82, 2.24) is 0 Å². The molecule has 2 rings (SSSR count). The molecule has 0 saturated heterocycles. The first-order valence-corrected chi connectivity index (χ1v) is 6.61. The molecule has 0 amide bonds. The summed E-state index contributed by atoms with van der Waals surface area (Å²) in [4.78, 5) is 0. The predicted octanol–water partition coefficient (Wildman–Crippen LogP) is 5.36. The molecule has 0 aliphatic heterocycles. The third-order valence-electron chi connectivity index (χ3n) is 3.39. The van der Waals surface area contributed by atoms with Crippen LogP contribution in [0.3, 0.4) is 0 Å². The van der Waals surface area contributed by atoms with Crippen molar-refractivity contribution in [1.29, 1.82) is 0 Å². The molecule has 0 spiro atoms. The highest BCUT2D eigenvalue weighted by Crippen LogP contribution is 2.37. The van der Waals surface area contributed by atoms with E-state index in [1.807, 2.05) is 0 Å². The van der Waals surface area contributed by atoms with Gasteiger partial charge in [-0.25, -0.2) is 13.2 Å². The largest absolute Gasteiger partial charge is 0.207 e. The van der Waals surface area contributed by atoms with Crippen LogP contribution in [0.1, 0.15) is 33.2 Å². The second-order valence-electron chi connectivity index (χ2n) is 4.91. The van der Waals surface area contributed by atoms with Gasteiger partial charge in [-0.3, -0.25) is 0 Å². The minimum absolute atomic E-state index is 0.190. The Morgan fingerprint density at radius 2 is 1.40 bits per heavy atom. The molecule has 0 radical (unpaired) electrons. The Balaban J connectivity index is 2.64. The Kier molecular flexibility index (Phi) is 4.09. The van der Waals surface area contributed by atoms with Crippen molar-refractivity contribution in [2.75, 3.05) is 0 Å². The van der Waals surface area contributed by atoms with Crippen LogP contribution in [0.15, 0.2) is 24.3 Å². The van der Waals surface area contributed by atoms with Crippen molar-refractivity contribution in [3.63, 3.8) is 0 Å². The average Bonchev–Trinajstić information content (AvgIpc) is 2.33. The van der Waals surface area contributed by atoms with Gasteiger partial charge in [-0.1, -0.05) is 6.07 Å². The van der Waals surface area contributed by atoms with Crippen LogP contribution in [-0.4, -0.2) is 0 Å². The SMILES string of the molecule is Cc1ccc(F)c(C(Cl)c2c(C)cc(F)cc2C)c1F. The van der Waals surface area contributed by atoms with E-state index >= 15 is 0 Å². The zero-order valence-electron chi connectivity index (χ0n) is 11.4. The molecule has 106 valence electrons. The summed E-state index contributed by atoms with van der Waals surface area (Å²) in [6.07, 6.45) is 0. The number of hydrogen-bond acceptors (Lipinski definition) is 0. The average molecular weight is 299 g/mol. The molecule has 0 bridgehead atoms. The van der Waals surface area contributed by atoms with Crippen molar-refractivity contribution in [2.45, 2.75) is 26.1 Å². The monoisotopic (exact) mass is 298 g/mol. The van der Waals surface area contributed by atoms with Gasteiger partial charge in [0.05, 0.1) is 5.38 Å². The van der Waals surface area contributed by atoms with Crippen LogP contribution in [0.25, 0.3) is 0 Å². The van der Waals surface area contributed by atoms with Gasteiger partial charge in [0.15, 0.2) is 0 Å². The van der Waals surface area contributed by atoms with E-state index in [0.717, 1.165) is 0 Å². The molecule has 2 aromatic rings. The summed E-state index contributed by atoms with van der Waals surface area (Å²) in [5.41, 5.74) is 1.82. The molecule has 0 nitrogen and oxygen atoms in total. The molecule has 0 fully saturated rings. The van der Waals surface area contributed by atoms with E-state index in [9.17, 15) is 13.2 Å². The van der Waals surface area contributed by atoms with Gasteiger partial charge in [0.1, 0.15) is 17.5 Å². The standard InChI is InChI=1S/C16H14ClF3/c1-8-4-5-12(19)14(16(8)20)15(17)13-9(2)6-11(18)7-10(13)3/h4-7,15H,1-3H3. The highest BCUT2D eigenvalue weighted by molar-refractivity contribution is 6.22. The molecule has 1 unspecified atom stereocenters. The first-order chi connectivity index (χ1) is 9.32. The second-order valence-corrected chi connectivity index (χ2v) is 5.34. The van der Waals surface area contributed by atoms with Gasteiger partial charge in [-0.05, 0) is 61.2 Å². The number of hydrogen-bond donors (Lipinski definition) is 0. The predicted molar refractivity (Wildman–Crippen MR) is 74.7 cm³/mol. The maximum absolute atomic E-state index is 14.1. The van der Waals surface area contributed by atoms with Crippen LogP contribution >= 0.6 is 11.6 Å². The number of rotatable bonds is 2. The van der Waals surface area contributed by atoms with Gasteiger partial charge in [0.25, 0.3) is 0 Å². The van der Waals surface area contributed by atoms with Crippen molar-refractivity contribution < 1.29 is 13.2 Å².